The number of hydrogen-bond acceptors (Lipinski definition) is 3. The van der Waals surface area contributed by atoms with Crippen molar-refractivity contribution in [1.82, 2.24) is 10.6 Å². The Labute approximate surface area is 120 Å². The van der Waals surface area contributed by atoms with Crippen molar-refractivity contribution in [3.63, 3.8) is 0 Å². The first kappa shape index (κ1) is 16.2. The van der Waals surface area contributed by atoms with Gasteiger partial charge in [0.25, 0.3) is 0 Å². The van der Waals surface area contributed by atoms with E-state index in [4.69, 9.17) is 0 Å². The standard InChI is InChI=1S/C15H23N3O2/c1-4-11(2)17-10-15(20)18-13-7-5-12(6-8-13)9-14(19)16-3/h5-8,11,17H,4,9-10H2,1-3H3,(H,16,19)(H,18,20). The lowest BCUT2D eigenvalue weighted by atomic mass is 10.1. The molecule has 20 heavy (non-hydrogen) atoms. The van der Waals surface area contributed by atoms with Gasteiger partial charge < -0.3 is 16.0 Å². The highest BCUT2D eigenvalue weighted by Gasteiger charge is 2.05. The number of anilines is 1. The van der Waals surface area contributed by atoms with Gasteiger partial charge in [0.15, 0.2) is 0 Å². The third-order valence-electron chi connectivity index (χ3n) is 3.10. The fourth-order valence-electron chi connectivity index (χ4n) is 1.60. The van der Waals surface area contributed by atoms with Crippen LogP contribution in [0, 0.1) is 0 Å². The second-order valence-corrected chi connectivity index (χ2v) is 4.79. The van der Waals surface area contributed by atoms with E-state index in [1.54, 1.807) is 19.2 Å². The number of likely N-dealkylation sites (N-methyl/N-ethyl adjacent to an activating group) is 1. The highest BCUT2D eigenvalue weighted by Crippen LogP contribution is 2.09. The molecule has 0 radical (unpaired) electrons. The molecule has 0 fully saturated rings. The van der Waals surface area contributed by atoms with E-state index < -0.39 is 0 Å². The summed E-state index contributed by atoms with van der Waals surface area (Å²) in [5.41, 5.74) is 1.65. The highest BCUT2D eigenvalue weighted by atomic mass is 16.2. The smallest absolute Gasteiger partial charge is 0.238 e. The first-order valence-corrected chi connectivity index (χ1v) is 6.88. The van der Waals surface area contributed by atoms with Crippen LogP contribution >= 0.6 is 0 Å². The fraction of sp³-hybridized carbons (Fsp3) is 0.467. The van der Waals surface area contributed by atoms with Crippen molar-refractivity contribution >= 4 is 17.5 Å². The largest absolute Gasteiger partial charge is 0.359 e. The van der Waals surface area contributed by atoms with Crippen molar-refractivity contribution in [2.45, 2.75) is 32.7 Å². The van der Waals surface area contributed by atoms with Gasteiger partial charge >= 0.3 is 0 Å². The fourth-order valence-corrected chi connectivity index (χ4v) is 1.60. The highest BCUT2D eigenvalue weighted by molar-refractivity contribution is 5.92. The van der Waals surface area contributed by atoms with Crippen LogP contribution in [0.1, 0.15) is 25.8 Å². The minimum atomic E-state index is -0.0654. The van der Waals surface area contributed by atoms with Crippen molar-refractivity contribution < 1.29 is 9.59 Å². The third kappa shape index (κ3) is 5.84. The molecule has 0 heterocycles. The van der Waals surface area contributed by atoms with E-state index in [-0.39, 0.29) is 11.8 Å². The molecule has 0 saturated heterocycles. The number of benzene rings is 1. The van der Waals surface area contributed by atoms with Crippen molar-refractivity contribution in [3.8, 4) is 0 Å². The Hall–Kier alpha value is -1.88. The number of amides is 2. The van der Waals surface area contributed by atoms with Crippen LogP contribution in [0.5, 0.6) is 0 Å². The molecule has 1 atom stereocenters. The molecule has 1 aromatic carbocycles. The summed E-state index contributed by atoms with van der Waals surface area (Å²) in [5.74, 6) is -0.0936. The predicted molar refractivity (Wildman–Crippen MR) is 80.6 cm³/mol. The van der Waals surface area contributed by atoms with Crippen LogP contribution in [0.2, 0.25) is 0 Å². The van der Waals surface area contributed by atoms with E-state index in [1.165, 1.54) is 0 Å². The lowest BCUT2D eigenvalue weighted by molar-refractivity contribution is -0.120. The molecule has 0 bridgehead atoms. The van der Waals surface area contributed by atoms with E-state index in [2.05, 4.69) is 22.9 Å². The summed E-state index contributed by atoms with van der Waals surface area (Å²) < 4.78 is 0. The van der Waals surface area contributed by atoms with E-state index in [0.717, 1.165) is 17.7 Å². The van der Waals surface area contributed by atoms with Gasteiger partial charge in [-0.1, -0.05) is 19.1 Å². The quantitative estimate of drug-likeness (QED) is 0.703. The molecule has 0 aliphatic heterocycles. The van der Waals surface area contributed by atoms with Crippen LogP contribution in [0.4, 0.5) is 5.69 Å². The molecular weight excluding hydrogens is 254 g/mol. The second kappa shape index (κ2) is 8.32. The summed E-state index contributed by atoms with van der Waals surface area (Å²) in [5, 5.41) is 8.52. The Morgan fingerprint density at radius 2 is 1.80 bits per heavy atom. The van der Waals surface area contributed by atoms with Gasteiger partial charge in [-0.05, 0) is 31.0 Å². The second-order valence-electron chi connectivity index (χ2n) is 4.79. The van der Waals surface area contributed by atoms with Gasteiger partial charge in [0.2, 0.25) is 11.8 Å². The zero-order valence-electron chi connectivity index (χ0n) is 12.3. The normalized spacial score (nSPS) is 11.8. The monoisotopic (exact) mass is 277 g/mol. The minimum Gasteiger partial charge on any atom is -0.359 e. The van der Waals surface area contributed by atoms with Crippen molar-refractivity contribution in [1.29, 1.82) is 0 Å². The average molecular weight is 277 g/mol. The van der Waals surface area contributed by atoms with E-state index in [1.807, 2.05) is 19.1 Å². The molecule has 0 aliphatic rings. The number of nitrogens with one attached hydrogen (secondary N) is 3. The molecule has 0 aromatic heterocycles. The van der Waals surface area contributed by atoms with Crippen LogP contribution in [-0.4, -0.2) is 31.4 Å². The lowest BCUT2D eigenvalue weighted by Gasteiger charge is -2.11. The van der Waals surface area contributed by atoms with E-state index >= 15 is 0 Å². The van der Waals surface area contributed by atoms with Gasteiger partial charge in [0.1, 0.15) is 0 Å². The topological polar surface area (TPSA) is 70.2 Å². The number of carbonyl (C=O) groups is 2. The van der Waals surface area contributed by atoms with Crippen LogP contribution in [0.15, 0.2) is 24.3 Å². The summed E-state index contributed by atoms with van der Waals surface area (Å²) in [4.78, 5) is 22.9. The molecule has 1 aromatic rings. The summed E-state index contributed by atoms with van der Waals surface area (Å²) >= 11 is 0. The first-order valence-electron chi connectivity index (χ1n) is 6.88. The van der Waals surface area contributed by atoms with E-state index in [0.29, 0.717) is 19.0 Å². The summed E-state index contributed by atoms with van der Waals surface area (Å²) in [6, 6.07) is 7.62. The van der Waals surface area contributed by atoms with Gasteiger partial charge in [0.05, 0.1) is 13.0 Å². The van der Waals surface area contributed by atoms with Gasteiger partial charge in [-0.3, -0.25) is 9.59 Å². The summed E-state index contributed by atoms with van der Waals surface area (Å²) in [6.07, 6.45) is 1.34. The molecule has 5 heteroatoms. The Morgan fingerprint density at radius 3 is 2.35 bits per heavy atom. The summed E-state index contributed by atoms with van der Waals surface area (Å²) in [6.45, 7) is 4.41. The number of carbonyl (C=O) groups excluding carboxylic acids is 2. The maximum absolute atomic E-state index is 11.7. The van der Waals surface area contributed by atoms with E-state index in [9.17, 15) is 9.59 Å². The zero-order valence-corrected chi connectivity index (χ0v) is 12.3. The molecule has 3 N–H and O–H groups in total. The molecule has 1 rings (SSSR count). The van der Waals surface area contributed by atoms with Crippen LogP contribution in [0.3, 0.4) is 0 Å². The van der Waals surface area contributed by atoms with Crippen LogP contribution < -0.4 is 16.0 Å². The number of hydrogen-bond donors (Lipinski definition) is 3. The number of rotatable bonds is 7. The molecule has 0 aliphatic carbocycles. The molecule has 5 nitrogen and oxygen atoms in total. The predicted octanol–water partition coefficient (Wildman–Crippen LogP) is 1.30. The van der Waals surface area contributed by atoms with Crippen LogP contribution in [0.25, 0.3) is 0 Å². The molecule has 1 unspecified atom stereocenters. The molecule has 0 saturated carbocycles. The first-order chi connectivity index (χ1) is 9.55. The van der Waals surface area contributed by atoms with Gasteiger partial charge in [-0.25, -0.2) is 0 Å². The van der Waals surface area contributed by atoms with Crippen molar-refractivity contribution in [3.05, 3.63) is 29.8 Å². The van der Waals surface area contributed by atoms with Crippen molar-refractivity contribution in [2.75, 3.05) is 18.9 Å². The Morgan fingerprint density at radius 1 is 1.15 bits per heavy atom. The van der Waals surface area contributed by atoms with Crippen LogP contribution in [-0.2, 0) is 16.0 Å². The molecule has 2 amide bonds. The third-order valence-corrected chi connectivity index (χ3v) is 3.10. The Kier molecular flexibility index (Phi) is 6.73. The van der Waals surface area contributed by atoms with Gasteiger partial charge in [0, 0.05) is 18.8 Å². The molecule has 110 valence electrons. The maximum atomic E-state index is 11.7. The Bertz CT molecular complexity index is 443. The minimum absolute atomic E-state index is 0.0282. The van der Waals surface area contributed by atoms with Gasteiger partial charge in [-0.2, -0.15) is 0 Å². The van der Waals surface area contributed by atoms with Gasteiger partial charge in [-0.15, -0.1) is 0 Å². The molecular formula is C15H23N3O2. The molecule has 0 spiro atoms. The zero-order chi connectivity index (χ0) is 15.0. The van der Waals surface area contributed by atoms with Crippen molar-refractivity contribution in [2.24, 2.45) is 0 Å². The summed E-state index contributed by atoms with van der Waals surface area (Å²) in [7, 11) is 1.61. The SMILES string of the molecule is CCC(C)NCC(=O)Nc1ccc(CC(=O)NC)cc1. The Balaban J connectivity index is 2.44. The average Bonchev–Trinajstić information content (AvgIpc) is 2.46. The maximum Gasteiger partial charge on any atom is 0.238 e. The lowest BCUT2D eigenvalue weighted by Crippen LogP contribution is -2.33.